The van der Waals surface area contributed by atoms with E-state index in [1.165, 1.54) is 21.5 Å². The van der Waals surface area contributed by atoms with E-state index in [4.69, 9.17) is 0 Å². The average molecular weight is 848 g/mol. The molecule has 2 atom stereocenters. The molecule has 0 amide bonds. The Hall–Kier alpha value is -1.76. The molecular weight excluding hydrogens is 816 g/mol. The SMILES string of the molecule is OC(CN1CCN(CC(O)Cn2c3ccc(Br)cc3c3cc(Br)ccc32)CC1)Cn1c2ccc(Br)cc2c2cc(Br)ccc21. The van der Waals surface area contributed by atoms with Crippen LogP contribution in [0, 0.1) is 0 Å². The number of aliphatic hydroxyl groups is 2. The third-order valence-electron chi connectivity index (χ3n) is 8.77. The van der Waals surface area contributed by atoms with E-state index in [-0.39, 0.29) is 0 Å². The molecule has 0 spiro atoms. The molecule has 2 N–H and O–H groups in total. The zero-order valence-electron chi connectivity index (χ0n) is 23.9. The number of benzene rings is 4. The number of nitrogens with zero attached hydrogens (tertiary/aromatic N) is 4. The number of hydrogen-bond donors (Lipinski definition) is 2. The summed E-state index contributed by atoms with van der Waals surface area (Å²) < 4.78 is 8.67. The summed E-state index contributed by atoms with van der Waals surface area (Å²) in [7, 11) is 0. The first-order valence-electron chi connectivity index (χ1n) is 14.8. The highest BCUT2D eigenvalue weighted by molar-refractivity contribution is 9.11. The van der Waals surface area contributed by atoms with Gasteiger partial charge in [0.15, 0.2) is 0 Å². The van der Waals surface area contributed by atoms with Gasteiger partial charge in [-0.05, 0) is 72.8 Å². The number of aromatic nitrogens is 2. The molecule has 1 fully saturated rings. The van der Waals surface area contributed by atoms with E-state index >= 15 is 0 Å². The lowest BCUT2D eigenvalue weighted by atomic mass is 10.2. The first-order valence-corrected chi connectivity index (χ1v) is 18.0. The molecule has 0 bridgehead atoms. The second kappa shape index (κ2) is 12.8. The predicted molar refractivity (Wildman–Crippen MR) is 195 cm³/mol. The molecule has 228 valence electrons. The summed E-state index contributed by atoms with van der Waals surface area (Å²) >= 11 is 14.5. The van der Waals surface area contributed by atoms with Gasteiger partial charge in [0.25, 0.3) is 0 Å². The molecule has 0 radical (unpaired) electrons. The Balaban J connectivity index is 0.983. The average Bonchev–Trinajstić information content (AvgIpc) is 3.44. The Morgan fingerprint density at radius 3 is 1.00 bits per heavy atom. The zero-order chi connectivity index (χ0) is 30.5. The molecular formula is C34H32Br4N4O2. The largest absolute Gasteiger partial charge is 0.390 e. The summed E-state index contributed by atoms with van der Waals surface area (Å²) in [4.78, 5) is 4.69. The Morgan fingerprint density at radius 2 is 0.727 bits per heavy atom. The van der Waals surface area contributed by atoms with Gasteiger partial charge in [-0.15, -0.1) is 0 Å². The third kappa shape index (κ3) is 6.17. The maximum absolute atomic E-state index is 11.2. The molecule has 2 unspecified atom stereocenters. The lowest BCUT2D eigenvalue weighted by Crippen LogP contribution is -2.50. The summed E-state index contributed by atoms with van der Waals surface area (Å²) in [6.07, 6.45) is -0.984. The van der Waals surface area contributed by atoms with Gasteiger partial charge >= 0.3 is 0 Å². The summed E-state index contributed by atoms with van der Waals surface area (Å²) in [6, 6.07) is 25.4. The van der Waals surface area contributed by atoms with E-state index in [9.17, 15) is 10.2 Å². The van der Waals surface area contributed by atoms with Crippen molar-refractivity contribution in [1.82, 2.24) is 18.9 Å². The molecule has 7 rings (SSSR count). The Kier molecular flexibility index (Phi) is 8.98. The fourth-order valence-corrected chi connectivity index (χ4v) is 8.22. The molecule has 1 saturated heterocycles. The van der Waals surface area contributed by atoms with Crippen molar-refractivity contribution in [3.63, 3.8) is 0 Å². The normalized spacial score (nSPS) is 16.5. The highest BCUT2D eigenvalue weighted by Gasteiger charge is 2.23. The maximum atomic E-state index is 11.2. The second-order valence-electron chi connectivity index (χ2n) is 11.8. The van der Waals surface area contributed by atoms with Gasteiger partial charge in [-0.3, -0.25) is 9.80 Å². The zero-order valence-corrected chi connectivity index (χ0v) is 30.3. The van der Waals surface area contributed by atoms with E-state index in [1.54, 1.807) is 0 Å². The topological polar surface area (TPSA) is 56.8 Å². The van der Waals surface area contributed by atoms with Crippen molar-refractivity contribution in [2.75, 3.05) is 39.3 Å². The molecule has 4 aromatic carbocycles. The van der Waals surface area contributed by atoms with Crippen LogP contribution in [0.15, 0.2) is 90.7 Å². The number of β-amino-alcohol motifs (C(OH)–C–C–N with tert-alkyl or cyclic N) is 2. The molecule has 1 aliphatic heterocycles. The van der Waals surface area contributed by atoms with Crippen LogP contribution in [-0.2, 0) is 13.1 Å². The van der Waals surface area contributed by atoms with E-state index in [1.807, 2.05) is 0 Å². The van der Waals surface area contributed by atoms with Crippen LogP contribution in [0.5, 0.6) is 0 Å². The van der Waals surface area contributed by atoms with Crippen LogP contribution in [0.2, 0.25) is 0 Å². The number of halogens is 4. The Labute approximate surface area is 289 Å². The lowest BCUT2D eigenvalue weighted by molar-refractivity contribution is 0.0415. The summed E-state index contributed by atoms with van der Waals surface area (Å²) in [5.41, 5.74) is 4.51. The fraction of sp³-hybridized carbons (Fsp3) is 0.294. The maximum Gasteiger partial charge on any atom is 0.0845 e. The number of aliphatic hydroxyl groups excluding tert-OH is 2. The van der Waals surface area contributed by atoms with Crippen molar-refractivity contribution in [1.29, 1.82) is 0 Å². The summed E-state index contributed by atoms with van der Waals surface area (Å²) in [6.45, 7) is 5.79. The highest BCUT2D eigenvalue weighted by atomic mass is 79.9. The molecule has 6 nitrogen and oxygen atoms in total. The van der Waals surface area contributed by atoms with Crippen molar-refractivity contribution in [3.05, 3.63) is 90.7 Å². The highest BCUT2D eigenvalue weighted by Crippen LogP contribution is 2.34. The van der Waals surface area contributed by atoms with Crippen LogP contribution in [0.1, 0.15) is 0 Å². The van der Waals surface area contributed by atoms with E-state index in [0.29, 0.717) is 26.2 Å². The monoisotopic (exact) mass is 844 g/mol. The van der Waals surface area contributed by atoms with E-state index in [0.717, 1.165) is 66.1 Å². The predicted octanol–water partition coefficient (Wildman–Crippen LogP) is 7.99. The van der Waals surface area contributed by atoms with Crippen molar-refractivity contribution >= 4 is 107 Å². The standard InChI is InChI=1S/C34H32Br4N4O2/c35-21-1-5-31-27(13-21)28-14-22(36)2-6-32(28)41(31)19-25(43)17-39-9-11-40(12-10-39)18-26(44)20-42-33-7-3-23(37)15-29(33)30-16-24(38)4-8-34(30)42/h1-8,13-16,25-26,43-44H,9-12,17-20H2. The minimum absolute atomic E-state index is 0.492. The first-order chi connectivity index (χ1) is 21.2. The van der Waals surface area contributed by atoms with Gasteiger partial charge in [-0.2, -0.15) is 0 Å². The summed E-state index contributed by atoms with van der Waals surface area (Å²) in [5.74, 6) is 0. The van der Waals surface area contributed by atoms with Crippen LogP contribution in [0.3, 0.4) is 0 Å². The Morgan fingerprint density at radius 1 is 0.455 bits per heavy atom. The van der Waals surface area contributed by atoms with Crippen LogP contribution in [0.4, 0.5) is 0 Å². The molecule has 1 aliphatic rings. The van der Waals surface area contributed by atoms with Crippen molar-refractivity contribution in [2.24, 2.45) is 0 Å². The Bertz CT molecular complexity index is 1730. The fourth-order valence-electron chi connectivity index (χ4n) is 6.78. The smallest absolute Gasteiger partial charge is 0.0845 e. The molecule has 0 saturated carbocycles. The van der Waals surface area contributed by atoms with Gasteiger partial charge in [0, 0.05) is 101 Å². The van der Waals surface area contributed by atoms with Gasteiger partial charge in [0.05, 0.1) is 25.3 Å². The van der Waals surface area contributed by atoms with Crippen molar-refractivity contribution < 1.29 is 10.2 Å². The molecule has 3 heterocycles. The minimum Gasteiger partial charge on any atom is -0.390 e. The third-order valence-corrected chi connectivity index (χ3v) is 10.7. The van der Waals surface area contributed by atoms with Gasteiger partial charge in [-0.25, -0.2) is 0 Å². The van der Waals surface area contributed by atoms with Gasteiger partial charge in [-0.1, -0.05) is 63.7 Å². The van der Waals surface area contributed by atoms with Crippen LogP contribution >= 0.6 is 63.7 Å². The number of hydrogen-bond acceptors (Lipinski definition) is 4. The van der Waals surface area contributed by atoms with Gasteiger partial charge in [0.1, 0.15) is 0 Å². The van der Waals surface area contributed by atoms with Crippen LogP contribution in [0.25, 0.3) is 43.6 Å². The molecule has 6 aromatic rings. The van der Waals surface area contributed by atoms with Crippen molar-refractivity contribution in [3.8, 4) is 0 Å². The number of fused-ring (bicyclic) bond motifs is 6. The molecule has 44 heavy (non-hydrogen) atoms. The number of rotatable bonds is 8. The molecule has 10 heteroatoms. The lowest BCUT2D eigenvalue weighted by Gasteiger charge is -2.36. The second-order valence-corrected chi connectivity index (χ2v) is 15.4. The van der Waals surface area contributed by atoms with Crippen LogP contribution in [-0.4, -0.2) is 80.6 Å². The minimum atomic E-state index is -0.492. The summed E-state index contributed by atoms with van der Waals surface area (Å²) in [5, 5.41) is 27.2. The van der Waals surface area contributed by atoms with E-state index in [2.05, 4.69) is 155 Å². The number of piperazine rings is 1. The first kappa shape index (κ1) is 30.9. The quantitative estimate of drug-likeness (QED) is 0.163. The van der Waals surface area contributed by atoms with Crippen LogP contribution < -0.4 is 0 Å². The van der Waals surface area contributed by atoms with Gasteiger partial charge in [0.2, 0.25) is 0 Å². The van der Waals surface area contributed by atoms with Crippen molar-refractivity contribution in [2.45, 2.75) is 25.3 Å². The molecule has 2 aromatic heterocycles. The molecule has 0 aliphatic carbocycles. The van der Waals surface area contributed by atoms with E-state index < -0.39 is 12.2 Å². The van der Waals surface area contributed by atoms with Gasteiger partial charge < -0.3 is 19.3 Å².